The number of ether oxygens (including phenoxy) is 1. The van der Waals surface area contributed by atoms with Crippen molar-refractivity contribution in [1.82, 2.24) is 0 Å². The van der Waals surface area contributed by atoms with Crippen LogP contribution in [0.3, 0.4) is 0 Å². The van der Waals surface area contributed by atoms with E-state index in [-0.39, 0.29) is 0 Å². The molecule has 0 unspecified atom stereocenters. The molecule has 2 saturated carbocycles. The highest BCUT2D eigenvalue weighted by Gasteiger charge is 2.28. The van der Waals surface area contributed by atoms with Gasteiger partial charge in [0.2, 0.25) is 0 Å². The lowest BCUT2D eigenvalue weighted by molar-refractivity contribution is -0.0260. The summed E-state index contributed by atoms with van der Waals surface area (Å²) in [5.41, 5.74) is 0. The van der Waals surface area contributed by atoms with Gasteiger partial charge in [-0.2, -0.15) is 0 Å². The van der Waals surface area contributed by atoms with Gasteiger partial charge in [-0.3, -0.25) is 0 Å². The smallest absolute Gasteiger partial charge is 0.0578 e. The molecule has 16 heavy (non-hydrogen) atoms. The van der Waals surface area contributed by atoms with Crippen LogP contribution in [-0.4, -0.2) is 12.2 Å². The fourth-order valence-corrected chi connectivity index (χ4v) is 3.69. The monoisotopic (exact) mass is 224 g/mol. The van der Waals surface area contributed by atoms with Crippen LogP contribution in [0, 0.1) is 11.8 Å². The van der Waals surface area contributed by atoms with Crippen molar-refractivity contribution in [3.05, 3.63) is 0 Å². The van der Waals surface area contributed by atoms with Crippen molar-refractivity contribution in [1.29, 1.82) is 0 Å². The molecule has 0 heterocycles. The Morgan fingerprint density at radius 3 is 1.88 bits per heavy atom. The zero-order valence-electron chi connectivity index (χ0n) is 11.1. The normalized spacial score (nSPS) is 33.2. The van der Waals surface area contributed by atoms with Gasteiger partial charge in [0.1, 0.15) is 0 Å². The third-order valence-electron chi connectivity index (χ3n) is 4.50. The van der Waals surface area contributed by atoms with Gasteiger partial charge < -0.3 is 4.74 Å². The van der Waals surface area contributed by atoms with Gasteiger partial charge >= 0.3 is 0 Å². The lowest BCUT2D eigenvalue weighted by Gasteiger charge is -2.36. The van der Waals surface area contributed by atoms with Crippen LogP contribution in [0.4, 0.5) is 0 Å². The molecular weight excluding hydrogens is 196 g/mol. The molecule has 2 rings (SSSR count). The summed E-state index contributed by atoms with van der Waals surface area (Å²) in [6.45, 7) is 4.32. The molecule has 0 saturated heterocycles. The molecule has 0 spiro atoms. The first kappa shape index (κ1) is 12.4. The number of hydrogen-bond acceptors (Lipinski definition) is 1. The fraction of sp³-hybridized carbons (Fsp3) is 1.00. The quantitative estimate of drug-likeness (QED) is 0.683. The van der Waals surface area contributed by atoms with Gasteiger partial charge in [-0.05, 0) is 51.4 Å². The first-order chi connectivity index (χ1) is 7.75. The van der Waals surface area contributed by atoms with Crippen LogP contribution in [0.2, 0.25) is 0 Å². The van der Waals surface area contributed by atoms with Crippen LogP contribution < -0.4 is 0 Å². The molecule has 0 aliphatic heterocycles. The topological polar surface area (TPSA) is 9.23 Å². The third-order valence-corrected chi connectivity index (χ3v) is 4.50. The van der Waals surface area contributed by atoms with Crippen molar-refractivity contribution in [2.75, 3.05) is 0 Å². The maximum absolute atomic E-state index is 5.93. The van der Waals surface area contributed by atoms with Gasteiger partial charge in [0, 0.05) is 0 Å². The minimum atomic E-state index is 0.413. The van der Waals surface area contributed by atoms with Crippen LogP contribution in [0.25, 0.3) is 0 Å². The molecule has 0 atom stereocenters. The molecule has 1 nitrogen and oxygen atoms in total. The van der Waals surface area contributed by atoms with E-state index in [1.807, 2.05) is 0 Å². The van der Waals surface area contributed by atoms with Crippen molar-refractivity contribution in [3.8, 4) is 0 Å². The maximum Gasteiger partial charge on any atom is 0.0578 e. The van der Waals surface area contributed by atoms with Crippen LogP contribution in [0.5, 0.6) is 0 Å². The standard InChI is InChI=1S/C15H28O/c1-12(2)16-15-10-8-14(9-11-15)13-6-4-3-5-7-13/h12-15H,3-11H2,1-2H3. The maximum atomic E-state index is 5.93. The Morgan fingerprint density at radius 1 is 0.750 bits per heavy atom. The lowest BCUT2D eigenvalue weighted by Crippen LogP contribution is -2.28. The van der Waals surface area contributed by atoms with Gasteiger partial charge in [0.05, 0.1) is 12.2 Å². The summed E-state index contributed by atoms with van der Waals surface area (Å²) in [5.74, 6) is 2.10. The van der Waals surface area contributed by atoms with E-state index in [0.717, 1.165) is 11.8 Å². The predicted octanol–water partition coefficient (Wildman–Crippen LogP) is 4.55. The lowest BCUT2D eigenvalue weighted by atomic mass is 9.73. The Morgan fingerprint density at radius 2 is 1.31 bits per heavy atom. The Labute approximate surface area is 101 Å². The molecule has 0 aromatic heterocycles. The molecule has 2 aliphatic carbocycles. The number of rotatable bonds is 3. The van der Waals surface area contributed by atoms with E-state index >= 15 is 0 Å². The third kappa shape index (κ3) is 3.48. The Kier molecular flexibility index (Phi) is 4.69. The molecule has 2 aliphatic rings. The van der Waals surface area contributed by atoms with Crippen molar-refractivity contribution in [3.63, 3.8) is 0 Å². The summed E-state index contributed by atoms with van der Waals surface area (Å²) in [6.07, 6.45) is 14.0. The Hall–Kier alpha value is -0.0400. The van der Waals surface area contributed by atoms with Crippen molar-refractivity contribution >= 4 is 0 Å². The second-order valence-corrected chi connectivity index (χ2v) is 6.12. The van der Waals surface area contributed by atoms with Gasteiger partial charge in [-0.1, -0.05) is 32.1 Å². The van der Waals surface area contributed by atoms with E-state index in [9.17, 15) is 0 Å². The van der Waals surface area contributed by atoms with Gasteiger partial charge in [0.15, 0.2) is 0 Å². The van der Waals surface area contributed by atoms with Gasteiger partial charge in [-0.15, -0.1) is 0 Å². The van der Waals surface area contributed by atoms with E-state index in [2.05, 4.69) is 13.8 Å². The summed E-state index contributed by atoms with van der Waals surface area (Å²) in [5, 5.41) is 0. The average molecular weight is 224 g/mol. The highest BCUT2D eigenvalue weighted by Crippen LogP contribution is 2.38. The van der Waals surface area contributed by atoms with Crippen molar-refractivity contribution in [2.24, 2.45) is 11.8 Å². The van der Waals surface area contributed by atoms with Crippen LogP contribution in [0.1, 0.15) is 71.6 Å². The highest BCUT2D eigenvalue weighted by atomic mass is 16.5. The fourth-order valence-electron chi connectivity index (χ4n) is 3.69. The molecule has 0 N–H and O–H groups in total. The Balaban J connectivity index is 1.71. The first-order valence-electron chi connectivity index (χ1n) is 7.41. The summed E-state index contributed by atoms with van der Waals surface area (Å²) >= 11 is 0. The molecule has 0 aromatic rings. The minimum Gasteiger partial charge on any atom is -0.376 e. The summed E-state index contributed by atoms with van der Waals surface area (Å²) < 4.78 is 5.93. The highest BCUT2D eigenvalue weighted by molar-refractivity contribution is 4.80. The van der Waals surface area contributed by atoms with E-state index in [1.165, 1.54) is 57.8 Å². The predicted molar refractivity (Wildman–Crippen MR) is 68.5 cm³/mol. The minimum absolute atomic E-state index is 0.413. The largest absolute Gasteiger partial charge is 0.376 e. The molecular formula is C15H28O. The molecule has 0 amide bonds. The Bertz CT molecular complexity index is 186. The zero-order valence-corrected chi connectivity index (χ0v) is 11.1. The average Bonchev–Trinajstić information content (AvgIpc) is 2.30. The summed E-state index contributed by atoms with van der Waals surface area (Å²) in [4.78, 5) is 0. The van der Waals surface area contributed by atoms with E-state index in [1.54, 1.807) is 0 Å². The summed E-state index contributed by atoms with van der Waals surface area (Å²) in [6, 6.07) is 0. The van der Waals surface area contributed by atoms with Crippen LogP contribution >= 0.6 is 0 Å². The van der Waals surface area contributed by atoms with Gasteiger partial charge in [-0.25, -0.2) is 0 Å². The second kappa shape index (κ2) is 6.05. The van der Waals surface area contributed by atoms with E-state index in [0.29, 0.717) is 12.2 Å². The molecule has 0 radical (unpaired) electrons. The van der Waals surface area contributed by atoms with Crippen molar-refractivity contribution in [2.45, 2.75) is 83.8 Å². The van der Waals surface area contributed by atoms with E-state index < -0.39 is 0 Å². The molecule has 0 bridgehead atoms. The summed E-state index contributed by atoms with van der Waals surface area (Å²) in [7, 11) is 0. The van der Waals surface area contributed by atoms with E-state index in [4.69, 9.17) is 4.74 Å². The van der Waals surface area contributed by atoms with Crippen LogP contribution in [-0.2, 0) is 4.74 Å². The molecule has 0 aromatic carbocycles. The zero-order chi connectivity index (χ0) is 11.4. The van der Waals surface area contributed by atoms with Gasteiger partial charge in [0.25, 0.3) is 0 Å². The first-order valence-corrected chi connectivity index (χ1v) is 7.41. The molecule has 94 valence electrons. The molecule has 2 fully saturated rings. The van der Waals surface area contributed by atoms with Crippen LogP contribution in [0.15, 0.2) is 0 Å². The SMILES string of the molecule is CC(C)OC1CCC(C2CCCCC2)CC1. The molecule has 1 heteroatoms. The second-order valence-electron chi connectivity index (χ2n) is 6.12. The number of hydrogen-bond donors (Lipinski definition) is 0. The van der Waals surface area contributed by atoms with Crippen molar-refractivity contribution < 1.29 is 4.74 Å².